The second-order valence-electron chi connectivity index (χ2n) is 26.0. The summed E-state index contributed by atoms with van der Waals surface area (Å²) in [6.45, 7) is 2.12. The van der Waals surface area contributed by atoms with E-state index in [0.717, 1.165) is 142 Å². The molecule has 0 atom stereocenters. The van der Waals surface area contributed by atoms with Gasteiger partial charge in [0.05, 0.1) is 28.4 Å². The molecule has 0 unspecified atom stereocenters. The molecule has 4 heterocycles. The minimum absolute atomic E-state index is 0.140. The molecule has 7 nitrogen and oxygen atoms in total. The van der Waals surface area contributed by atoms with Crippen LogP contribution in [0.15, 0.2) is 334 Å². The molecule has 0 radical (unpaired) electrons. The molecule has 16 aromatic rings. The Kier molecular flexibility index (Phi) is 15.0. The smallest absolute Gasteiger partial charge is 0.252 e. The Bertz CT molecular complexity index is 5560. The Hall–Kier alpha value is -13.0. The Morgan fingerprint density at radius 3 is 1.19 bits per heavy atom. The van der Waals surface area contributed by atoms with Crippen molar-refractivity contribution in [1.29, 1.82) is 5.26 Å². The Labute approximate surface area is 582 Å². The fourth-order valence-electron chi connectivity index (χ4n) is 15.2. The van der Waals surface area contributed by atoms with Gasteiger partial charge in [-0.05, 0) is 181 Å². The molecule has 0 fully saturated rings. The number of hydrogen-bond acceptors (Lipinski definition) is 6. The average molecular weight is 1280 g/mol. The molecule has 0 saturated heterocycles. The molecule has 14 aromatic carbocycles. The summed E-state index contributed by atoms with van der Waals surface area (Å²) < 4.78 is 2.36. The normalized spacial score (nSPS) is 12.1. The predicted octanol–water partition coefficient (Wildman–Crippen LogP) is 21.6. The molecule has 0 spiro atoms. The predicted molar refractivity (Wildman–Crippen MR) is 415 cm³/mol. The number of fused-ring (bicyclic) bond motifs is 7. The fourth-order valence-corrected chi connectivity index (χ4v) is 15.2. The first-order chi connectivity index (χ1) is 49.5. The highest BCUT2D eigenvalue weighted by atomic mass is 15.2. The maximum atomic E-state index is 10.7. The fraction of sp³-hybridized carbons (Fsp3) is 0.0435. The molecule has 2 aromatic heterocycles. The van der Waals surface area contributed by atoms with E-state index in [1.807, 2.05) is 72.8 Å². The van der Waals surface area contributed by atoms with Crippen LogP contribution in [-0.4, -0.2) is 26.2 Å². The highest BCUT2D eigenvalue weighted by Gasteiger charge is 2.44. The van der Waals surface area contributed by atoms with E-state index in [1.165, 1.54) is 33.1 Å². The summed E-state index contributed by atoms with van der Waals surface area (Å²) in [6.07, 6.45) is 3.11. The van der Waals surface area contributed by atoms with Gasteiger partial charge >= 0.3 is 0 Å². The number of anilines is 6. The van der Waals surface area contributed by atoms with Crippen molar-refractivity contribution in [3.8, 4) is 102 Å². The van der Waals surface area contributed by atoms with Gasteiger partial charge in [-0.25, -0.2) is 15.0 Å². The summed E-state index contributed by atoms with van der Waals surface area (Å²) in [5.74, 6) is 1.57. The van der Waals surface area contributed by atoms with Crippen molar-refractivity contribution in [3.63, 3.8) is 0 Å². The van der Waals surface area contributed by atoms with Gasteiger partial charge in [0.15, 0.2) is 17.5 Å². The molecular weight excluding hydrogens is 1210 g/mol. The van der Waals surface area contributed by atoms with Gasteiger partial charge in [0.1, 0.15) is 0 Å². The lowest BCUT2D eigenvalue weighted by molar-refractivity contribution is 0.796. The quantitative estimate of drug-likeness (QED) is 0.101. The first-order valence-corrected chi connectivity index (χ1v) is 34.5. The Morgan fingerprint density at radius 1 is 0.330 bits per heavy atom. The maximum Gasteiger partial charge on any atom is 0.252 e. The van der Waals surface area contributed by atoms with E-state index in [0.29, 0.717) is 23.0 Å². The van der Waals surface area contributed by atoms with Crippen molar-refractivity contribution in [3.05, 3.63) is 345 Å². The number of nitriles is 1. The summed E-state index contributed by atoms with van der Waals surface area (Å²) in [4.78, 5) is 20.7. The number of rotatable bonds is 14. The third-order valence-corrected chi connectivity index (χ3v) is 20.0. The zero-order valence-corrected chi connectivity index (χ0v) is 55.1. The molecule has 18 rings (SSSR count). The van der Waals surface area contributed by atoms with Crippen molar-refractivity contribution < 1.29 is 0 Å². The van der Waals surface area contributed by atoms with Crippen molar-refractivity contribution in [2.45, 2.75) is 26.2 Å². The summed E-state index contributed by atoms with van der Waals surface area (Å²) in [6, 6.07) is 123. The number of aryl methyl sites for hydroxylation is 1. The topological polar surface area (TPSA) is 73.9 Å². The number of aromatic nitrogens is 4. The van der Waals surface area contributed by atoms with Gasteiger partial charge < -0.3 is 14.4 Å². The van der Waals surface area contributed by atoms with Crippen LogP contribution in [0.1, 0.15) is 30.9 Å². The second kappa shape index (κ2) is 25.2. The molecule has 0 saturated carbocycles. The summed E-state index contributed by atoms with van der Waals surface area (Å²) in [5, 5.41) is 12.9. The number of nitrogens with zero attached hydrogens (tertiary/aromatic N) is 7. The van der Waals surface area contributed by atoms with Gasteiger partial charge in [0, 0.05) is 61.6 Å². The van der Waals surface area contributed by atoms with Gasteiger partial charge in [-0.15, -0.1) is 0 Å². The Balaban J connectivity index is 0.899. The molecule has 2 aliphatic heterocycles. The van der Waals surface area contributed by atoms with E-state index in [4.69, 9.17) is 15.0 Å². The Morgan fingerprint density at radius 2 is 0.720 bits per heavy atom. The lowest BCUT2D eigenvalue weighted by Crippen LogP contribution is -2.61. The minimum Gasteiger partial charge on any atom is -0.311 e. The van der Waals surface area contributed by atoms with Crippen LogP contribution in [0.3, 0.4) is 0 Å². The minimum atomic E-state index is -0.140. The van der Waals surface area contributed by atoms with E-state index in [1.54, 1.807) is 0 Å². The van der Waals surface area contributed by atoms with Crippen LogP contribution in [0.4, 0.5) is 34.1 Å². The van der Waals surface area contributed by atoms with Crippen LogP contribution in [0.5, 0.6) is 0 Å². The molecule has 470 valence electrons. The van der Waals surface area contributed by atoms with Crippen LogP contribution < -0.4 is 26.2 Å². The molecule has 0 bridgehead atoms. The average Bonchev–Trinajstić information content (AvgIpc) is 0.851. The number of benzene rings is 14. The van der Waals surface area contributed by atoms with E-state index in [2.05, 4.69) is 288 Å². The largest absolute Gasteiger partial charge is 0.311 e. The summed E-state index contributed by atoms with van der Waals surface area (Å²) in [5.41, 5.74) is 28.9. The van der Waals surface area contributed by atoms with Crippen molar-refractivity contribution in [2.24, 2.45) is 0 Å². The highest BCUT2D eigenvalue weighted by molar-refractivity contribution is 7.00. The lowest BCUT2D eigenvalue weighted by atomic mass is 9.33. The van der Waals surface area contributed by atoms with Gasteiger partial charge in [0.2, 0.25) is 0 Å². The molecule has 0 amide bonds. The van der Waals surface area contributed by atoms with Gasteiger partial charge in [-0.2, -0.15) is 5.26 Å². The molecule has 2 aliphatic rings. The molecule has 8 heteroatoms. The number of unbranched alkanes of at least 4 members (excludes halogenated alkanes) is 1. The van der Waals surface area contributed by atoms with E-state index >= 15 is 0 Å². The second-order valence-corrected chi connectivity index (χ2v) is 26.0. The number of hydrogen-bond donors (Lipinski definition) is 0. The van der Waals surface area contributed by atoms with Crippen molar-refractivity contribution in [2.75, 3.05) is 9.80 Å². The summed E-state index contributed by atoms with van der Waals surface area (Å²) in [7, 11) is 0. The van der Waals surface area contributed by atoms with Crippen LogP contribution in [0.25, 0.3) is 117 Å². The maximum absolute atomic E-state index is 10.7. The zero-order chi connectivity index (χ0) is 66.6. The van der Waals surface area contributed by atoms with E-state index < -0.39 is 0 Å². The van der Waals surface area contributed by atoms with Crippen LogP contribution in [0.2, 0.25) is 0 Å². The van der Waals surface area contributed by atoms with Gasteiger partial charge in [0.25, 0.3) is 6.71 Å². The van der Waals surface area contributed by atoms with Gasteiger partial charge in [-0.1, -0.05) is 256 Å². The first-order valence-electron chi connectivity index (χ1n) is 34.5. The summed E-state index contributed by atoms with van der Waals surface area (Å²) >= 11 is 0. The van der Waals surface area contributed by atoms with E-state index in [9.17, 15) is 5.26 Å². The third kappa shape index (κ3) is 10.6. The monoisotopic (exact) mass is 1280 g/mol. The highest BCUT2D eigenvalue weighted by Crippen LogP contribution is 2.49. The SMILES string of the molecule is CCCCc1ccc2c(c1)c1cc(-c3cc4c5c(c3)N(c3ccc(-c6ccccc6)cc3)c3cc(-c6ccccc6)ccc3B5c3ccc(-c5ccccc5)cc3N4c3ccc(-c4ccccc4)cc3)ccc1n2-c1ccc(C#N)cc1-c1nc(-c2ccccc2)nc(-c2ccccc2)n1. The lowest BCUT2D eigenvalue weighted by Gasteiger charge is -2.44. The molecule has 0 N–H and O–H groups in total. The van der Waals surface area contributed by atoms with Crippen LogP contribution in [0, 0.1) is 11.3 Å². The molecular formula is C92H64BN7. The van der Waals surface area contributed by atoms with Crippen LogP contribution >= 0.6 is 0 Å². The third-order valence-electron chi connectivity index (χ3n) is 20.0. The molecule has 0 aliphatic carbocycles. The van der Waals surface area contributed by atoms with Crippen molar-refractivity contribution in [1.82, 2.24) is 19.5 Å². The van der Waals surface area contributed by atoms with E-state index in [-0.39, 0.29) is 6.71 Å². The first kappa shape index (κ1) is 59.5. The van der Waals surface area contributed by atoms with Crippen molar-refractivity contribution >= 4 is 79.0 Å². The zero-order valence-electron chi connectivity index (χ0n) is 55.1. The standard InChI is InChI=1S/C92H64BN7/c1-2-3-22-61-35-50-82-77(53-61)78-55-71(43-52-83(78)100(82)84-51-36-62(60-94)54-79(84)92-96-90(69-31-18-8-19-32-69)95-91(97-92)70-33-20-9-21-34-70)74-58-87-89-88(59-74)99(76-46-39-68(40-47-76)64-25-12-5-13-26-64)86-57-73(66-29-16-7-17-30-66)42-49-81(86)93(89)80-48-41-72(65-27-14-6-15-28-65)56-85(80)98(87)75-44-37-67(38-45-75)63-23-10-4-11-24-63/h4-21,23-59H,2-3,22H2,1H3. The van der Waals surface area contributed by atoms with Crippen LogP contribution in [-0.2, 0) is 6.42 Å². The molecule has 100 heavy (non-hydrogen) atoms. The van der Waals surface area contributed by atoms with Gasteiger partial charge in [-0.3, -0.25) is 0 Å².